The fraction of sp³-hybridized carbons (Fsp3) is 0.100. The van der Waals surface area contributed by atoms with Crippen LogP contribution in [-0.2, 0) is 11.3 Å². The number of aromatic nitrogens is 1. The molecule has 1 amide bonds. The van der Waals surface area contributed by atoms with E-state index in [0.717, 1.165) is 5.56 Å². The summed E-state index contributed by atoms with van der Waals surface area (Å²) in [5.41, 5.74) is 1.50. The molecule has 27 heavy (non-hydrogen) atoms. The third kappa shape index (κ3) is 5.97. The normalized spacial score (nSPS) is 10.3. The number of ether oxygens (including phenoxy) is 1. The average Bonchev–Trinajstić information content (AvgIpc) is 2.68. The zero-order valence-electron chi connectivity index (χ0n) is 14.3. The van der Waals surface area contributed by atoms with E-state index in [1.807, 2.05) is 0 Å². The predicted octanol–water partition coefficient (Wildman–Crippen LogP) is 4.50. The van der Waals surface area contributed by atoms with Gasteiger partial charge in [-0.2, -0.15) is 0 Å². The smallest absolute Gasteiger partial charge is 0.262 e. The van der Waals surface area contributed by atoms with Crippen molar-refractivity contribution in [3.05, 3.63) is 83.3 Å². The van der Waals surface area contributed by atoms with Gasteiger partial charge in [-0.25, -0.2) is 9.37 Å². The molecule has 0 unspecified atom stereocenters. The van der Waals surface area contributed by atoms with Crippen LogP contribution in [-0.4, -0.2) is 17.5 Å². The summed E-state index contributed by atoms with van der Waals surface area (Å²) in [4.78, 5) is 16.2. The maximum atomic E-state index is 12.9. The van der Waals surface area contributed by atoms with Gasteiger partial charge in [0.1, 0.15) is 17.4 Å². The second-order valence-electron chi connectivity index (χ2n) is 5.70. The third-order valence-corrected chi connectivity index (χ3v) is 3.87. The first-order chi connectivity index (χ1) is 13.1. The first kappa shape index (κ1) is 18.7. The molecule has 138 valence electrons. The van der Waals surface area contributed by atoms with E-state index >= 15 is 0 Å². The number of rotatable bonds is 7. The highest BCUT2D eigenvalue weighted by atomic mass is 35.5. The molecule has 0 saturated heterocycles. The summed E-state index contributed by atoms with van der Waals surface area (Å²) in [5.74, 6) is 0.651. The molecular formula is C20H17ClFN3O2. The van der Waals surface area contributed by atoms with Gasteiger partial charge in [-0.3, -0.25) is 4.79 Å². The summed E-state index contributed by atoms with van der Waals surface area (Å²) in [7, 11) is 0. The van der Waals surface area contributed by atoms with Crippen LogP contribution < -0.4 is 15.4 Å². The summed E-state index contributed by atoms with van der Waals surface area (Å²) in [6.45, 7) is 0.403. The molecule has 2 aromatic carbocycles. The van der Waals surface area contributed by atoms with Crippen LogP contribution >= 0.6 is 11.6 Å². The number of pyridine rings is 1. The molecule has 0 fully saturated rings. The highest BCUT2D eigenvalue weighted by Crippen LogP contribution is 2.16. The minimum atomic E-state index is -0.293. The molecule has 0 radical (unpaired) electrons. The van der Waals surface area contributed by atoms with Crippen molar-refractivity contribution in [3.63, 3.8) is 0 Å². The third-order valence-electron chi connectivity index (χ3n) is 3.62. The number of halogens is 2. The van der Waals surface area contributed by atoms with E-state index in [0.29, 0.717) is 28.8 Å². The molecule has 5 nitrogen and oxygen atoms in total. The van der Waals surface area contributed by atoms with Crippen molar-refractivity contribution in [2.24, 2.45) is 0 Å². The Bertz CT molecular complexity index is 885. The maximum absolute atomic E-state index is 12.9. The predicted molar refractivity (Wildman–Crippen MR) is 104 cm³/mol. The fourth-order valence-electron chi connectivity index (χ4n) is 2.24. The molecule has 0 aliphatic carbocycles. The first-order valence-electron chi connectivity index (χ1n) is 8.21. The average molecular weight is 386 g/mol. The van der Waals surface area contributed by atoms with Crippen molar-refractivity contribution >= 4 is 29.0 Å². The molecule has 0 atom stereocenters. The van der Waals surface area contributed by atoms with Crippen LogP contribution in [0.3, 0.4) is 0 Å². The Hall–Kier alpha value is -3.12. The number of carbonyl (C=O) groups excluding carboxylic acids is 1. The van der Waals surface area contributed by atoms with Gasteiger partial charge in [-0.1, -0.05) is 23.7 Å². The molecule has 7 heteroatoms. The minimum Gasteiger partial charge on any atom is -0.484 e. The van der Waals surface area contributed by atoms with Crippen LogP contribution in [0.5, 0.6) is 5.75 Å². The van der Waals surface area contributed by atoms with Crippen LogP contribution in [0.4, 0.5) is 15.9 Å². The molecule has 3 aromatic rings. The van der Waals surface area contributed by atoms with E-state index in [1.165, 1.54) is 12.1 Å². The Morgan fingerprint density at radius 3 is 2.44 bits per heavy atom. The highest BCUT2D eigenvalue weighted by Gasteiger charge is 2.05. The summed E-state index contributed by atoms with van der Waals surface area (Å²) >= 11 is 5.80. The Labute approximate surface area is 161 Å². The van der Waals surface area contributed by atoms with Crippen molar-refractivity contribution < 1.29 is 13.9 Å². The first-order valence-corrected chi connectivity index (χ1v) is 8.59. The topological polar surface area (TPSA) is 63.2 Å². The summed E-state index contributed by atoms with van der Waals surface area (Å²) in [6, 6.07) is 16.5. The number of anilines is 2. The highest BCUT2D eigenvalue weighted by molar-refractivity contribution is 6.30. The van der Waals surface area contributed by atoms with E-state index in [-0.39, 0.29) is 18.3 Å². The molecule has 2 N–H and O–H groups in total. The van der Waals surface area contributed by atoms with E-state index in [1.54, 1.807) is 54.7 Å². The standard InChI is InChI=1S/C20H17ClFN3O2/c21-15-3-8-18(9-4-15)27-13-20(26)25-17-7-10-19(24-12-17)23-11-14-1-5-16(22)6-2-14/h1-10,12H,11,13H2,(H,23,24)(H,25,26). The lowest BCUT2D eigenvalue weighted by Gasteiger charge is -2.09. The SMILES string of the molecule is O=C(COc1ccc(Cl)cc1)Nc1ccc(NCc2ccc(F)cc2)nc1. The largest absolute Gasteiger partial charge is 0.484 e. The second-order valence-corrected chi connectivity index (χ2v) is 6.14. The van der Waals surface area contributed by atoms with Crippen LogP contribution in [0.25, 0.3) is 0 Å². The summed E-state index contributed by atoms with van der Waals surface area (Å²) < 4.78 is 18.3. The van der Waals surface area contributed by atoms with Gasteiger partial charge in [0.15, 0.2) is 6.61 Å². The van der Waals surface area contributed by atoms with Gasteiger partial charge in [-0.15, -0.1) is 0 Å². The van der Waals surface area contributed by atoms with Gasteiger partial charge in [0.05, 0.1) is 11.9 Å². The van der Waals surface area contributed by atoms with Gasteiger partial charge >= 0.3 is 0 Å². The Balaban J connectivity index is 1.45. The maximum Gasteiger partial charge on any atom is 0.262 e. The Morgan fingerprint density at radius 2 is 1.78 bits per heavy atom. The zero-order valence-corrected chi connectivity index (χ0v) is 15.0. The fourth-order valence-corrected chi connectivity index (χ4v) is 2.37. The van der Waals surface area contributed by atoms with E-state index < -0.39 is 0 Å². The van der Waals surface area contributed by atoms with Crippen LogP contribution in [0.1, 0.15) is 5.56 Å². The second kappa shape index (κ2) is 9.00. The molecule has 1 aromatic heterocycles. The molecular weight excluding hydrogens is 369 g/mol. The monoisotopic (exact) mass is 385 g/mol. The molecule has 1 heterocycles. The van der Waals surface area contributed by atoms with Crippen molar-refractivity contribution in [2.45, 2.75) is 6.54 Å². The van der Waals surface area contributed by atoms with Gasteiger partial charge in [0, 0.05) is 11.6 Å². The van der Waals surface area contributed by atoms with E-state index in [4.69, 9.17) is 16.3 Å². The van der Waals surface area contributed by atoms with Crippen molar-refractivity contribution in [2.75, 3.05) is 17.2 Å². The summed E-state index contributed by atoms with van der Waals surface area (Å²) in [6.07, 6.45) is 1.55. The van der Waals surface area contributed by atoms with E-state index in [9.17, 15) is 9.18 Å². The number of hydrogen-bond donors (Lipinski definition) is 2. The number of amides is 1. The molecule has 0 bridgehead atoms. The Kier molecular flexibility index (Phi) is 6.22. The van der Waals surface area contributed by atoms with Crippen LogP contribution in [0.15, 0.2) is 66.9 Å². The van der Waals surface area contributed by atoms with Crippen LogP contribution in [0, 0.1) is 5.82 Å². The number of carbonyl (C=O) groups is 1. The van der Waals surface area contributed by atoms with Gasteiger partial charge in [0.2, 0.25) is 0 Å². The molecule has 0 saturated carbocycles. The van der Waals surface area contributed by atoms with Gasteiger partial charge < -0.3 is 15.4 Å². The van der Waals surface area contributed by atoms with Gasteiger partial charge in [-0.05, 0) is 54.1 Å². The molecule has 0 aliphatic rings. The zero-order chi connectivity index (χ0) is 19.1. The Morgan fingerprint density at radius 1 is 1.04 bits per heavy atom. The number of benzene rings is 2. The number of hydrogen-bond acceptors (Lipinski definition) is 4. The van der Waals surface area contributed by atoms with Crippen LogP contribution in [0.2, 0.25) is 5.02 Å². The molecule has 0 aliphatic heterocycles. The van der Waals surface area contributed by atoms with Crippen molar-refractivity contribution in [3.8, 4) is 5.75 Å². The number of nitrogens with one attached hydrogen (secondary N) is 2. The molecule has 0 spiro atoms. The lowest BCUT2D eigenvalue weighted by atomic mass is 10.2. The van der Waals surface area contributed by atoms with Gasteiger partial charge in [0.25, 0.3) is 5.91 Å². The van der Waals surface area contributed by atoms with Crippen molar-refractivity contribution in [1.29, 1.82) is 0 Å². The lowest BCUT2D eigenvalue weighted by molar-refractivity contribution is -0.118. The minimum absolute atomic E-state index is 0.119. The van der Waals surface area contributed by atoms with Crippen molar-refractivity contribution in [1.82, 2.24) is 4.98 Å². The lowest BCUT2D eigenvalue weighted by Crippen LogP contribution is -2.20. The molecule has 3 rings (SSSR count). The summed E-state index contributed by atoms with van der Waals surface area (Å²) in [5, 5.41) is 6.44. The number of nitrogens with zero attached hydrogens (tertiary/aromatic N) is 1. The van der Waals surface area contributed by atoms with E-state index in [2.05, 4.69) is 15.6 Å². The quantitative estimate of drug-likeness (QED) is 0.628.